The van der Waals surface area contributed by atoms with Gasteiger partial charge in [-0.3, -0.25) is 4.79 Å². The van der Waals surface area contributed by atoms with Crippen molar-refractivity contribution in [1.82, 2.24) is 0 Å². The molecule has 1 heterocycles. The van der Waals surface area contributed by atoms with Gasteiger partial charge in [0, 0.05) is 6.07 Å². The van der Waals surface area contributed by atoms with Gasteiger partial charge in [0.15, 0.2) is 0 Å². The summed E-state index contributed by atoms with van der Waals surface area (Å²) in [6.45, 7) is 1.94. The van der Waals surface area contributed by atoms with Crippen LogP contribution < -0.4 is 10.2 Å². The summed E-state index contributed by atoms with van der Waals surface area (Å²) >= 11 is 0. The normalized spacial score (nSPS) is 10.7. The first kappa shape index (κ1) is 12.3. The van der Waals surface area contributed by atoms with Crippen molar-refractivity contribution in [1.29, 1.82) is 0 Å². The van der Waals surface area contributed by atoms with Crippen LogP contribution in [0.3, 0.4) is 0 Å². The highest BCUT2D eigenvalue weighted by molar-refractivity contribution is 5.78. The van der Waals surface area contributed by atoms with Crippen LogP contribution in [0, 0.1) is 6.92 Å². The zero-order valence-corrected chi connectivity index (χ0v) is 10.8. The topological polar surface area (TPSA) is 59.7 Å². The zero-order valence-electron chi connectivity index (χ0n) is 10.8. The van der Waals surface area contributed by atoms with Crippen molar-refractivity contribution >= 4 is 11.0 Å². The van der Waals surface area contributed by atoms with Gasteiger partial charge in [-0.05, 0) is 36.8 Å². The van der Waals surface area contributed by atoms with Gasteiger partial charge in [0.25, 0.3) is 0 Å². The van der Waals surface area contributed by atoms with Gasteiger partial charge in [0.05, 0.1) is 5.39 Å². The largest absolute Gasteiger partial charge is 0.508 e. The Morgan fingerprint density at radius 3 is 2.80 bits per heavy atom. The molecule has 0 saturated heterocycles. The molecule has 0 aliphatic rings. The van der Waals surface area contributed by atoms with Crippen LogP contribution in [0.5, 0.6) is 17.2 Å². The zero-order chi connectivity index (χ0) is 14.1. The second kappa shape index (κ2) is 4.74. The summed E-state index contributed by atoms with van der Waals surface area (Å²) < 4.78 is 10.9. The van der Waals surface area contributed by atoms with Crippen molar-refractivity contribution in [3.05, 3.63) is 64.5 Å². The van der Waals surface area contributed by atoms with Crippen molar-refractivity contribution in [2.75, 3.05) is 0 Å². The Morgan fingerprint density at radius 1 is 1.15 bits per heavy atom. The summed E-state index contributed by atoms with van der Waals surface area (Å²) in [4.78, 5) is 12.3. The van der Waals surface area contributed by atoms with E-state index in [1.807, 2.05) is 25.1 Å². The van der Waals surface area contributed by atoms with Crippen LogP contribution in [-0.4, -0.2) is 5.11 Å². The molecule has 0 radical (unpaired) electrons. The van der Waals surface area contributed by atoms with Crippen molar-refractivity contribution in [3.8, 4) is 17.2 Å². The molecule has 0 aliphatic heterocycles. The maximum atomic E-state index is 12.3. The third kappa shape index (κ3) is 2.23. The highest BCUT2D eigenvalue weighted by atomic mass is 16.5. The number of aromatic hydroxyl groups is 1. The van der Waals surface area contributed by atoms with E-state index in [-0.39, 0.29) is 16.9 Å². The van der Waals surface area contributed by atoms with Gasteiger partial charge < -0.3 is 14.3 Å². The van der Waals surface area contributed by atoms with Crippen LogP contribution in [0.1, 0.15) is 5.56 Å². The number of rotatable bonds is 2. The van der Waals surface area contributed by atoms with Crippen LogP contribution in [0.15, 0.2) is 57.9 Å². The van der Waals surface area contributed by atoms with E-state index in [1.165, 1.54) is 24.5 Å². The van der Waals surface area contributed by atoms with Gasteiger partial charge >= 0.3 is 0 Å². The fraction of sp³-hybridized carbons (Fsp3) is 0.0625. The number of hydrogen-bond donors (Lipinski definition) is 1. The molecule has 0 unspecified atom stereocenters. The fourth-order valence-corrected chi connectivity index (χ4v) is 1.98. The summed E-state index contributed by atoms with van der Waals surface area (Å²) in [6, 6.07) is 11.8. The summed E-state index contributed by atoms with van der Waals surface area (Å²) in [7, 11) is 0. The predicted octanol–water partition coefficient (Wildman–Crippen LogP) is 3.60. The monoisotopic (exact) mass is 268 g/mol. The third-order valence-electron chi connectivity index (χ3n) is 2.94. The number of benzene rings is 2. The van der Waals surface area contributed by atoms with Crippen LogP contribution in [0.25, 0.3) is 11.0 Å². The number of ether oxygens (including phenoxy) is 1. The molecule has 1 N–H and O–H groups in total. The van der Waals surface area contributed by atoms with Crippen molar-refractivity contribution in [2.24, 2.45) is 0 Å². The lowest BCUT2D eigenvalue weighted by Crippen LogP contribution is -2.04. The lowest BCUT2D eigenvalue weighted by atomic mass is 10.2. The first-order valence-electron chi connectivity index (χ1n) is 6.12. The van der Waals surface area contributed by atoms with E-state index in [9.17, 15) is 9.90 Å². The molecule has 0 saturated carbocycles. The fourth-order valence-electron chi connectivity index (χ4n) is 1.98. The summed E-state index contributed by atoms with van der Waals surface area (Å²) in [5, 5.41) is 9.73. The van der Waals surface area contributed by atoms with Crippen LogP contribution >= 0.6 is 0 Å². The molecule has 4 nitrogen and oxygen atoms in total. The van der Waals surface area contributed by atoms with Crippen LogP contribution in [0.4, 0.5) is 0 Å². The molecule has 20 heavy (non-hydrogen) atoms. The van der Waals surface area contributed by atoms with Crippen LogP contribution in [0.2, 0.25) is 0 Å². The minimum absolute atomic E-state index is 0.0491. The molecular formula is C16H12O4. The van der Waals surface area contributed by atoms with E-state index < -0.39 is 0 Å². The molecule has 0 amide bonds. The van der Waals surface area contributed by atoms with E-state index in [4.69, 9.17) is 9.15 Å². The summed E-state index contributed by atoms with van der Waals surface area (Å²) in [5.74, 6) is 0.747. The molecule has 0 aliphatic carbocycles. The predicted molar refractivity (Wildman–Crippen MR) is 75.4 cm³/mol. The Morgan fingerprint density at radius 2 is 2.00 bits per heavy atom. The van der Waals surface area contributed by atoms with Crippen molar-refractivity contribution in [3.63, 3.8) is 0 Å². The Balaban J connectivity index is 2.07. The number of phenols is 1. The first-order valence-corrected chi connectivity index (χ1v) is 6.12. The average molecular weight is 268 g/mol. The second-order valence-corrected chi connectivity index (χ2v) is 4.53. The Hall–Kier alpha value is -2.75. The van der Waals surface area contributed by atoms with Crippen molar-refractivity contribution < 1.29 is 14.3 Å². The molecule has 0 bridgehead atoms. The van der Waals surface area contributed by atoms with Gasteiger partial charge in [-0.2, -0.15) is 0 Å². The highest BCUT2D eigenvalue weighted by Crippen LogP contribution is 2.23. The standard InChI is InChI=1S/C16H12O4/c1-10-3-2-4-12(7-10)20-15-9-19-14-8-11(17)5-6-13(14)16(15)18/h2-9,17H,1H3. The Kier molecular flexibility index (Phi) is 2.91. The second-order valence-electron chi connectivity index (χ2n) is 4.53. The third-order valence-corrected chi connectivity index (χ3v) is 2.94. The SMILES string of the molecule is Cc1cccc(Oc2coc3cc(O)ccc3c2=O)c1. The molecule has 0 spiro atoms. The molecule has 0 atom stereocenters. The maximum Gasteiger partial charge on any atom is 0.235 e. The van der Waals surface area contributed by atoms with E-state index >= 15 is 0 Å². The highest BCUT2D eigenvalue weighted by Gasteiger charge is 2.09. The van der Waals surface area contributed by atoms with E-state index in [0.29, 0.717) is 16.7 Å². The van der Waals surface area contributed by atoms with Gasteiger partial charge in [0.1, 0.15) is 23.3 Å². The molecule has 4 heteroatoms. The molecule has 3 aromatic rings. The minimum Gasteiger partial charge on any atom is -0.508 e. The van der Waals surface area contributed by atoms with Gasteiger partial charge in [-0.15, -0.1) is 0 Å². The number of fused-ring (bicyclic) bond motifs is 1. The summed E-state index contributed by atoms with van der Waals surface area (Å²) in [5.41, 5.74) is 1.09. The smallest absolute Gasteiger partial charge is 0.235 e. The van der Waals surface area contributed by atoms with E-state index in [0.717, 1.165) is 5.56 Å². The van der Waals surface area contributed by atoms with E-state index in [2.05, 4.69) is 0 Å². The van der Waals surface area contributed by atoms with Crippen molar-refractivity contribution in [2.45, 2.75) is 6.92 Å². The lowest BCUT2D eigenvalue weighted by molar-refractivity contribution is 0.448. The molecule has 100 valence electrons. The van der Waals surface area contributed by atoms with E-state index in [1.54, 1.807) is 6.07 Å². The Labute approximate surface area is 114 Å². The molecule has 0 fully saturated rings. The minimum atomic E-state index is -0.271. The quantitative estimate of drug-likeness (QED) is 0.771. The average Bonchev–Trinajstić information content (AvgIpc) is 2.42. The number of phenolic OH excluding ortho intramolecular Hbond substituents is 1. The number of hydrogen-bond acceptors (Lipinski definition) is 4. The maximum absolute atomic E-state index is 12.3. The first-order chi connectivity index (χ1) is 9.63. The van der Waals surface area contributed by atoms with Gasteiger partial charge in [-0.25, -0.2) is 0 Å². The van der Waals surface area contributed by atoms with Gasteiger partial charge in [0.2, 0.25) is 11.2 Å². The molecule has 3 rings (SSSR count). The lowest BCUT2D eigenvalue weighted by Gasteiger charge is -2.06. The van der Waals surface area contributed by atoms with Gasteiger partial charge in [-0.1, -0.05) is 12.1 Å². The van der Waals surface area contributed by atoms with Crippen LogP contribution in [-0.2, 0) is 0 Å². The molecule has 2 aromatic carbocycles. The Bertz CT molecular complexity index is 833. The summed E-state index contributed by atoms with van der Waals surface area (Å²) in [6.07, 6.45) is 1.26. The molecule has 1 aromatic heterocycles. The number of aryl methyl sites for hydroxylation is 1. The molecular weight excluding hydrogens is 256 g/mol.